The van der Waals surface area contributed by atoms with Crippen molar-refractivity contribution in [2.24, 2.45) is 11.8 Å². The van der Waals surface area contributed by atoms with E-state index in [9.17, 15) is 28.2 Å². The maximum atomic E-state index is 13.6. The van der Waals surface area contributed by atoms with Crippen LogP contribution < -0.4 is 4.31 Å². The number of hydrogen-bond donors (Lipinski definition) is 2. The predicted octanol–water partition coefficient (Wildman–Crippen LogP) is 2.08. The van der Waals surface area contributed by atoms with Gasteiger partial charge in [0, 0.05) is 5.92 Å². The Bertz CT molecular complexity index is 1180. The van der Waals surface area contributed by atoms with E-state index < -0.39 is 45.9 Å². The van der Waals surface area contributed by atoms with Gasteiger partial charge in [-0.1, -0.05) is 43.3 Å². The molecule has 32 heavy (non-hydrogen) atoms. The summed E-state index contributed by atoms with van der Waals surface area (Å²) in [5.74, 6) is -2.90. The summed E-state index contributed by atoms with van der Waals surface area (Å²) >= 11 is 0. The molecule has 9 heteroatoms. The molecule has 0 aromatic heterocycles. The number of β-lactam (4-membered cyclic amide) rings is 1. The number of rotatable bonds is 7. The minimum absolute atomic E-state index is 0.0770. The number of carbonyl (C=O) groups is 2. The third-order valence-corrected chi connectivity index (χ3v) is 8.00. The zero-order valence-electron chi connectivity index (χ0n) is 17.6. The number of benzene rings is 2. The van der Waals surface area contributed by atoms with Crippen LogP contribution in [-0.2, 0) is 19.6 Å². The number of anilines is 1. The molecule has 8 nitrogen and oxygen atoms in total. The monoisotopic (exact) mass is 456 g/mol. The summed E-state index contributed by atoms with van der Waals surface area (Å²) in [4.78, 5) is 26.0. The van der Waals surface area contributed by atoms with Gasteiger partial charge in [0.15, 0.2) is 0 Å². The highest BCUT2D eigenvalue weighted by Gasteiger charge is 2.60. The lowest BCUT2D eigenvalue weighted by Crippen LogP contribution is -2.63. The normalized spacial score (nSPS) is 23.5. The molecular formula is C23H24N2O6S. The van der Waals surface area contributed by atoms with Crippen LogP contribution in [0, 0.1) is 11.8 Å². The third kappa shape index (κ3) is 3.37. The van der Waals surface area contributed by atoms with Crippen molar-refractivity contribution in [1.29, 1.82) is 0 Å². The third-order valence-electron chi connectivity index (χ3n) is 6.21. The number of sulfonamides is 1. The van der Waals surface area contributed by atoms with Crippen molar-refractivity contribution in [1.82, 2.24) is 4.90 Å². The molecule has 1 fully saturated rings. The molecule has 4 rings (SSSR count). The van der Waals surface area contributed by atoms with E-state index in [0.29, 0.717) is 11.3 Å². The van der Waals surface area contributed by atoms with Gasteiger partial charge in [0.25, 0.3) is 10.0 Å². The summed E-state index contributed by atoms with van der Waals surface area (Å²) in [7, 11) is -4.02. The minimum Gasteiger partial charge on any atom is -0.477 e. The number of aliphatic carboxylic acids is 1. The first-order chi connectivity index (χ1) is 15.2. The Hall–Kier alpha value is -3.17. The highest BCUT2D eigenvalue weighted by Crippen LogP contribution is 2.47. The quantitative estimate of drug-likeness (QED) is 0.617. The van der Waals surface area contributed by atoms with Gasteiger partial charge in [-0.3, -0.25) is 9.10 Å². The molecule has 0 radical (unpaired) electrons. The lowest BCUT2D eigenvalue weighted by atomic mass is 9.78. The Balaban J connectivity index is 1.81. The highest BCUT2D eigenvalue weighted by atomic mass is 32.2. The highest BCUT2D eigenvalue weighted by molar-refractivity contribution is 7.92. The van der Waals surface area contributed by atoms with Crippen molar-refractivity contribution >= 4 is 27.6 Å². The molecule has 0 bridgehead atoms. The smallest absolute Gasteiger partial charge is 0.352 e. The van der Waals surface area contributed by atoms with Gasteiger partial charge in [0.2, 0.25) is 5.91 Å². The van der Waals surface area contributed by atoms with Crippen molar-refractivity contribution in [3.63, 3.8) is 0 Å². The van der Waals surface area contributed by atoms with E-state index in [0.717, 1.165) is 0 Å². The van der Waals surface area contributed by atoms with E-state index in [1.54, 1.807) is 55.5 Å². The van der Waals surface area contributed by atoms with Gasteiger partial charge in [0.05, 0.1) is 35.2 Å². The second kappa shape index (κ2) is 8.07. The zero-order valence-corrected chi connectivity index (χ0v) is 18.4. The lowest BCUT2D eigenvalue weighted by Gasteiger charge is -2.46. The SMILES string of the molecule is C[C@@H](O)[C@H]1C(=O)N2C(C(=O)O)=C(CN(c3ccccc3)S(=O)(=O)c3ccccc3)[C@H](C)[C@H]12. The number of aliphatic hydroxyl groups excluding tert-OH is 1. The molecular weight excluding hydrogens is 432 g/mol. The Morgan fingerprint density at radius 1 is 1.09 bits per heavy atom. The number of carboxylic acid groups (broad SMARTS) is 1. The van der Waals surface area contributed by atoms with Crippen molar-refractivity contribution in [2.75, 3.05) is 10.8 Å². The molecule has 2 aliphatic heterocycles. The average molecular weight is 457 g/mol. The molecule has 168 valence electrons. The molecule has 4 atom stereocenters. The number of para-hydroxylation sites is 1. The summed E-state index contributed by atoms with van der Waals surface area (Å²) in [6.07, 6.45) is -0.932. The van der Waals surface area contributed by atoms with Crippen molar-refractivity contribution < 1.29 is 28.2 Å². The number of amides is 1. The standard InChI is InChI=1S/C23H24N2O6S/c1-14-18(21(23(28)29)25-20(14)19(15(2)26)22(25)27)13-24(16-9-5-3-6-10-16)32(30,31)17-11-7-4-8-12-17/h3-12,14-15,19-20,26H,13H2,1-2H3,(H,28,29)/t14-,15+,19+,20+/m0/s1. The van der Waals surface area contributed by atoms with Gasteiger partial charge >= 0.3 is 5.97 Å². The number of hydrogen-bond acceptors (Lipinski definition) is 5. The van der Waals surface area contributed by atoms with Crippen molar-refractivity contribution in [2.45, 2.75) is 30.9 Å². The number of aliphatic hydroxyl groups is 1. The van der Waals surface area contributed by atoms with Crippen LogP contribution in [0.15, 0.2) is 76.8 Å². The molecule has 0 unspecified atom stereocenters. The number of fused-ring (bicyclic) bond motifs is 1. The van der Waals surface area contributed by atoms with Gasteiger partial charge in [-0.15, -0.1) is 0 Å². The molecule has 0 saturated carbocycles. The Labute approximate surface area is 186 Å². The Kier molecular flexibility index (Phi) is 5.56. The molecule has 2 aromatic rings. The van der Waals surface area contributed by atoms with E-state index in [1.807, 2.05) is 0 Å². The summed E-state index contributed by atoms with van der Waals surface area (Å²) < 4.78 is 28.3. The second-order valence-corrected chi connectivity index (χ2v) is 9.96. The molecule has 2 heterocycles. The topological polar surface area (TPSA) is 115 Å². The van der Waals surface area contributed by atoms with Crippen LogP contribution >= 0.6 is 0 Å². The van der Waals surface area contributed by atoms with Crippen LogP contribution in [0.2, 0.25) is 0 Å². The van der Waals surface area contributed by atoms with E-state index in [2.05, 4.69) is 0 Å². The van der Waals surface area contributed by atoms with E-state index in [1.165, 1.54) is 28.3 Å². The first kappa shape index (κ1) is 22.0. The van der Waals surface area contributed by atoms with Crippen LogP contribution in [-0.4, -0.2) is 54.1 Å². The molecule has 1 saturated heterocycles. The van der Waals surface area contributed by atoms with Gasteiger partial charge in [-0.25, -0.2) is 13.2 Å². The zero-order chi connectivity index (χ0) is 23.2. The number of carbonyl (C=O) groups excluding carboxylic acids is 1. The summed E-state index contributed by atoms with van der Waals surface area (Å²) in [5, 5.41) is 19.9. The lowest BCUT2D eigenvalue weighted by molar-refractivity contribution is -0.163. The van der Waals surface area contributed by atoms with Crippen LogP contribution in [0.4, 0.5) is 5.69 Å². The molecule has 2 N–H and O–H groups in total. The van der Waals surface area contributed by atoms with Crippen LogP contribution in [0.1, 0.15) is 13.8 Å². The van der Waals surface area contributed by atoms with Crippen LogP contribution in [0.5, 0.6) is 0 Å². The fourth-order valence-electron chi connectivity index (χ4n) is 4.64. The van der Waals surface area contributed by atoms with Gasteiger partial charge in [-0.05, 0) is 36.8 Å². The average Bonchev–Trinajstić information content (AvgIpc) is 3.01. The molecule has 0 spiro atoms. The van der Waals surface area contributed by atoms with Crippen LogP contribution in [0.25, 0.3) is 0 Å². The van der Waals surface area contributed by atoms with Crippen molar-refractivity contribution in [3.05, 3.63) is 71.9 Å². The number of carboxylic acids is 1. The molecule has 0 aliphatic carbocycles. The van der Waals surface area contributed by atoms with E-state index >= 15 is 0 Å². The summed E-state index contributed by atoms with van der Waals surface area (Å²) in [6.45, 7) is 3.04. The maximum Gasteiger partial charge on any atom is 0.352 e. The molecule has 2 aliphatic rings. The maximum absolute atomic E-state index is 13.6. The van der Waals surface area contributed by atoms with Gasteiger partial charge < -0.3 is 15.1 Å². The second-order valence-electron chi connectivity index (χ2n) is 8.09. The fraction of sp³-hybridized carbons (Fsp3) is 0.304. The minimum atomic E-state index is -4.02. The molecule has 1 amide bonds. The number of nitrogens with zero attached hydrogens (tertiary/aromatic N) is 2. The van der Waals surface area contributed by atoms with Crippen molar-refractivity contribution in [3.8, 4) is 0 Å². The molecule has 2 aromatic carbocycles. The first-order valence-corrected chi connectivity index (χ1v) is 11.7. The largest absolute Gasteiger partial charge is 0.477 e. The summed E-state index contributed by atoms with van der Waals surface area (Å²) in [5.41, 5.74) is 0.518. The predicted molar refractivity (Wildman–Crippen MR) is 117 cm³/mol. The fourth-order valence-corrected chi connectivity index (χ4v) is 6.10. The van der Waals surface area contributed by atoms with Gasteiger partial charge in [0.1, 0.15) is 5.70 Å². The van der Waals surface area contributed by atoms with E-state index in [4.69, 9.17) is 0 Å². The Morgan fingerprint density at radius 2 is 1.66 bits per heavy atom. The summed E-state index contributed by atoms with van der Waals surface area (Å²) in [6, 6.07) is 15.8. The Morgan fingerprint density at radius 3 is 2.19 bits per heavy atom. The first-order valence-electron chi connectivity index (χ1n) is 10.3. The van der Waals surface area contributed by atoms with Crippen LogP contribution in [0.3, 0.4) is 0 Å². The van der Waals surface area contributed by atoms with E-state index in [-0.39, 0.29) is 17.1 Å². The van der Waals surface area contributed by atoms with Gasteiger partial charge in [-0.2, -0.15) is 0 Å².